The van der Waals surface area contributed by atoms with Gasteiger partial charge >= 0.3 is 5.97 Å². The molecule has 2 bridgehead atoms. The van der Waals surface area contributed by atoms with E-state index in [-0.39, 0.29) is 23.5 Å². The molecule has 4 heterocycles. The molecule has 0 amide bonds. The number of aromatic nitrogens is 4. The summed E-state index contributed by atoms with van der Waals surface area (Å²) in [5, 5.41) is 15.3. The average molecular weight is 461 g/mol. The number of imidazole rings is 1. The van der Waals surface area contributed by atoms with Gasteiger partial charge in [0.15, 0.2) is 5.69 Å². The molecular formula is C20H18BrFN4O3. The number of nitrogens with zero attached hydrogens (tertiary/aromatic N) is 4. The molecule has 0 spiro atoms. The molecule has 9 heteroatoms. The van der Waals surface area contributed by atoms with Crippen molar-refractivity contribution in [3.63, 3.8) is 0 Å². The first-order valence-electron chi connectivity index (χ1n) is 9.26. The van der Waals surface area contributed by atoms with E-state index in [1.54, 1.807) is 36.1 Å². The Morgan fingerprint density at radius 2 is 2.17 bits per heavy atom. The number of halogens is 2. The quantitative estimate of drug-likeness (QED) is 0.604. The normalized spacial score (nSPS) is 20.3. The van der Waals surface area contributed by atoms with E-state index in [0.29, 0.717) is 21.7 Å². The van der Waals surface area contributed by atoms with Crippen LogP contribution in [0.4, 0.5) is 4.39 Å². The minimum absolute atomic E-state index is 0.0629. The zero-order valence-electron chi connectivity index (χ0n) is 15.8. The fourth-order valence-electron chi connectivity index (χ4n) is 4.45. The Bertz CT molecular complexity index is 1150. The van der Waals surface area contributed by atoms with Gasteiger partial charge in [0.25, 0.3) is 0 Å². The molecule has 0 saturated heterocycles. The van der Waals surface area contributed by atoms with Crippen LogP contribution in [0, 0.1) is 5.82 Å². The lowest BCUT2D eigenvalue weighted by atomic mass is 9.75. The van der Waals surface area contributed by atoms with Crippen molar-refractivity contribution < 1.29 is 19.0 Å². The van der Waals surface area contributed by atoms with Crippen LogP contribution in [-0.2, 0) is 11.8 Å². The fourth-order valence-corrected chi connectivity index (χ4v) is 4.79. The number of carbonyl (C=O) groups is 1. The van der Waals surface area contributed by atoms with Crippen LogP contribution in [0.2, 0.25) is 0 Å². The van der Waals surface area contributed by atoms with Crippen molar-refractivity contribution in [2.24, 2.45) is 7.05 Å². The molecule has 3 aliphatic rings. The van der Waals surface area contributed by atoms with E-state index >= 15 is 0 Å². The molecule has 1 N–H and O–H groups in total. The molecular weight excluding hydrogens is 443 g/mol. The van der Waals surface area contributed by atoms with Crippen LogP contribution in [0.5, 0.6) is 0 Å². The number of esters is 1. The zero-order valence-corrected chi connectivity index (χ0v) is 17.4. The highest BCUT2D eigenvalue weighted by Gasteiger charge is 2.43. The van der Waals surface area contributed by atoms with E-state index in [9.17, 15) is 14.3 Å². The van der Waals surface area contributed by atoms with E-state index in [1.807, 2.05) is 4.57 Å². The van der Waals surface area contributed by atoms with Crippen molar-refractivity contribution in [1.82, 2.24) is 19.3 Å². The van der Waals surface area contributed by atoms with Crippen molar-refractivity contribution in [3.05, 3.63) is 57.3 Å². The number of benzene rings is 1. The van der Waals surface area contributed by atoms with Crippen LogP contribution in [0.1, 0.15) is 58.3 Å². The number of hydrogen-bond acceptors (Lipinski definition) is 5. The Morgan fingerprint density at radius 1 is 1.41 bits per heavy atom. The maximum absolute atomic E-state index is 14.2. The van der Waals surface area contributed by atoms with Gasteiger partial charge < -0.3 is 14.4 Å². The van der Waals surface area contributed by atoms with Crippen molar-refractivity contribution >= 4 is 21.9 Å². The van der Waals surface area contributed by atoms with Gasteiger partial charge in [-0.05, 0) is 58.5 Å². The number of rotatable bonds is 3. The molecule has 1 aromatic carbocycles. The molecule has 2 aliphatic heterocycles. The highest BCUT2D eigenvalue weighted by atomic mass is 79.9. The third kappa shape index (κ3) is 2.60. The molecule has 2 aromatic heterocycles. The maximum atomic E-state index is 14.2. The van der Waals surface area contributed by atoms with Gasteiger partial charge in [-0.1, -0.05) is 0 Å². The number of aliphatic hydroxyl groups is 1. The van der Waals surface area contributed by atoms with Gasteiger partial charge in [-0.25, -0.2) is 14.2 Å². The van der Waals surface area contributed by atoms with Crippen molar-refractivity contribution in [1.29, 1.82) is 0 Å². The third-order valence-electron chi connectivity index (χ3n) is 5.98. The van der Waals surface area contributed by atoms with Crippen LogP contribution in [0.15, 0.2) is 28.9 Å². The topological polar surface area (TPSA) is 82.2 Å². The van der Waals surface area contributed by atoms with E-state index < -0.39 is 12.1 Å². The number of aryl methyl sites for hydroxylation is 1. The molecule has 1 fully saturated rings. The van der Waals surface area contributed by atoms with Gasteiger partial charge in [0.2, 0.25) is 0 Å². The predicted molar refractivity (Wildman–Crippen MR) is 105 cm³/mol. The SMILES string of the molecule is COC(=O)c1nc2n(c1C(O)c1ccnn1C)C1CC(C1)c1cc(F)c(Br)cc1-2. The number of hydrogen-bond donors (Lipinski definition) is 1. The van der Waals surface area contributed by atoms with Crippen LogP contribution in [-0.4, -0.2) is 37.5 Å². The Labute approximate surface area is 174 Å². The van der Waals surface area contributed by atoms with Crippen molar-refractivity contribution in [2.45, 2.75) is 30.9 Å². The first-order valence-corrected chi connectivity index (χ1v) is 10.1. The summed E-state index contributed by atoms with van der Waals surface area (Å²) >= 11 is 3.26. The minimum Gasteiger partial charge on any atom is -0.464 e. The molecule has 150 valence electrons. The lowest BCUT2D eigenvalue weighted by Gasteiger charge is -2.36. The monoisotopic (exact) mass is 460 g/mol. The summed E-state index contributed by atoms with van der Waals surface area (Å²) in [6.07, 6.45) is 2.07. The molecule has 1 atom stereocenters. The van der Waals surface area contributed by atoms with Gasteiger partial charge in [0.1, 0.15) is 17.7 Å². The number of carbonyl (C=O) groups excluding carboxylic acids is 1. The van der Waals surface area contributed by atoms with Crippen LogP contribution in [0.25, 0.3) is 11.4 Å². The van der Waals surface area contributed by atoms with Gasteiger partial charge in [-0.3, -0.25) is 4.68 Å². The number of ether oxygens (including phenoxy) is 1. The maximum Gasteiger partial charge on any atom is 0.358 e. The number of methoxy groups -OCH3 is 1. The minimum atomic E-state index is -1.11. The van der Waals surface area contributed by atoms with E-state index in [1.165, 1.54) is 7.11 Å². The van der Waals surface area contributed by atoms with Gasteiger partial charge in [-0.2, -0.15) is 5.10 Å². The molecule has 29 heavy (non-hydrogen) atoms. The van der Waals surface area contributed by atoms with Crippen molar-refractivity contribution in [3.8, 4) is 11.4 Å². The Kier molecular flexibility index (Phi) is 4.15. The Hall–Kier alpha value is -2.52. The summed E-state index contributed by atoms with van der Waals surface area (Å²) < 4.78 is 23.0. The second-order valence-electron chi connectivity index (χ2n) is 7.49. The van der Waals surface area contributed by atoms with E-state index in [2.05, 4.69) is 26.0 Å². The molecule has 1 unspecified atom stereocenters. The second-order valence-corrected chi connectivity index (χ2v) is 8.34. The van der Waals surface area contributed by atoms with E-state index in [0.717, 1.165) is 24.0 Å². The second kappa shape index (κ2) is 6.50. The summed E-state index contributed by atoms with van der Waals surface area (Å²) in [6, 6.07) is 5.00. The molecule has 6 rings (SSSR count). The molecule has 1 saturated carbocycles. The molecule has 0 radical (unpaired) electrons. The fraction of sp³-hybridized carbons (Fsp3) is 0.350. The molecule has 7 nitrogen and oxygen atoms in total. The van der Waals surface area contributed by atoms with Crippen LogP contribution >= 0.6 is 15.9 Å². The Balaban J connectivity index is 1.79. The standard InChI is InChI=1S/C20H18BrFN4O3/c1-25-15(3-4-23-25)18(27)17-16(20(28)29-2)24-19-12-7-13(21)14(22)8-11(12)9-5-10(6-9)26(17)19/h3-4,7-10,18,27H,5-6H2,1-2H3. The first kappa shape index (κ1) is 18.5. The van der Waals surface area contributed by atoms with Gasteiger partial charge in [0.05, 0.1) is 23.0 Å². The summed E-state index contributed by atoms with van der Waals surface area (Å²) in [6.45, 7) is 0. The van der Waals surface area contributed by atoms with Gasteiger partial charge in [-0.15, -0.1) is 0 Å². The van der Waals surface area contributed by atoms with Crippen molar-refractivity contribution in [2.75, 3.05) is 7.11 Å². The lowest BCUT2D eigenvalue weighted by molar-refractivity contribution is 0.0587. The lowest BCUT2D eigenvalue weighted by Crippen LogP contribution is -2.26. The largest absolute Gasteiger partial charge is 0.464 e. The van der Waals surface area contributed by atoms with Crippen LogP contribution in [0.3, 0.4) is 0 Å². The summed E-state index contributed by atoms with van der Waals surface area (Å²) in [7, 11) is 3.01. The van der Waals surface area contributed by atoms with Gasteiger partial charge in [0, 0.05) is 24.8 Å². The van der Waals surface area contributed by atoms with E-state index in [4.69, 9.17) is 4.74 Å². The summed E-state index contributed by atoms with van der Waals surface area (Å²) in [5.74, 6) is -0.180. The third-order valence-corrected chi connectivity index (χ3v) is 6.58. The molecule has 3 aromatic rings. The smallest absolute Gasteiger partial charge is 0.358 e. The highest BCUT2D eigenvalue weighted by Crippen LogP contribution is 2.54. The summed E-state index contributed by atoms with van der Waals surface area (Å²) in [4.78, 5) is 17.1. The summed E-state index contributed by atoms with van der Waals surface area (Å²) in [5.41, 5.74) is 2.62. The number of aliphatic hydroxyl groups excluding tert-OH is 1. The van der Waals surface area contributed by atoms with Crippen LogP contribution < -0.4 is 0 Å². The first-order chi connectivity index (χ1) is 13.9. The zero-order chi connectivity index (χ0) is 20.4. The average Bonchev–Trinajstić information content (AvgIpc) is 3.21. The molecule has 1 aliphatic carbocycles. The predicted octanol–water partition coefficient (Wildman–Crippen LogP) is 3.49. The Morgan fingerprint density at radius 3 is 2.83 bits per heavy atom. The highest BCUT2D eigenvalue weighted by molar-refractivity contribution is 9.10.